The fraction of sp³-hybridized carbons (Fsp3) is 0.833. The van der Waals surface area contributed by atoms with E-state index in [0.717, 1.165) is 38.8 Å². The average Bonchev–Trinajstić information content (AvgIpc) is 2.14. The smallest absolute Gasteiger partial charge is 0.0662 e. The van der Waals surface area contributed by atoms with Crippen molar-refractivity contribution in [3.05, 3.63) is 12.7 Å². The molecule has 0 aromatic rings. The maximum absolute atomic E-state index is 10.2. The summed E-state index contributed by atoms with van der Waals surface area (Å²) in [5, 5.41) is 13.6. The van der Waals surface area contributed by atoms with Crippen LogP contribution in [0.2, 0.25) is 0 Å². The van der Waals surface area contributed by atoms with Gasteiger partial charge < -0.3 is 10.4 Å². The summed E-state index contributed by atoms with van der Waals surface area (Å²) in [6, 6.07) is 0. The van der Waals surface area contributed by atoms with E-state index in [1.54, 1.807) is 0 Å². The zero-order valence-corrected chi connectivity index (χ0v) is 8.89. The summed E-state index contributed by atoms with van der Waals surface area (Å²) >= 11 is 0. The van der Waals surface area contributed by atoms with E-state index in [1.807, 2.05) is 6.08 Å². The molecule has 1 saturated heterocycles. The Hall–Kier alpha value is -0.340. The summed E-state index contributed by atoms with van der Waals surface area (Å²) < 4.78 is 0. The summed E-state index contributed by atoms with van der Waals surface area (Å²) in [6.45, 7) is 5.98. The molecule has 2 fully saturated rings. The molecule has 1 spiro atoms. The van der Waals surface area contributed by atoms with Crippen LogP contribution in [0.5, 0.6) is 0 Å². The molecule has 1 aliphatic heterocycles. The van der Waals surface area contributed by atoms with Gasteiger partial charge in [-0.05, 0) is 50.5 Å². The molecule has 2 nitrogen and oxygen atoms in total. The lowest BCUT2D eigenvalue weighted by Crippen LogP contribution is -2.57. The predicted molar refractivity (Wildman–Crippen MR) is 58.2 cm³/mol. The highest BCUT2D eigenvalue weighted by Gasteiger charge is 2.52. The normalized spacial score (nSPS) is 42.1. The molecule has 0 aromatic carbocycles. The lowest BCUT2D eigenvalue weighted by atomic mass is 9.55. The van der Waals surface area contributed by atoms with Crippen molar-refractivity contribution in [3.63, 3.8) is 0 Å². The molecule has 0 aromatic heterocycles. The van der Waals surface area contributed by atoms with Gasteiger partial charge in [0.15, 0.2) is 0 Å². The second-order valence-corrected chi connectivity index (χ2v) is 5.19. The Morgan fingerprint density at radius 1 is 1.43 bits per heavy atom. The molecule has 2 aliphatic rings. The lowest BCUT2D eigenvalue weighted by Gasteiger charge is -2.55. The van der Waals surface area contributed by atoms with Gasteiger partial charge in [-0.2, -0.15) is 0 Å². The number of nitrogens with one attached hydrogen (secondary N) is 1. The minimum Gasteiger partial charge on any atom is -0.390 e. The monoisotopic (exact) mass is 195 g/mol. The zero-order valence-electron chi connectivity index (χ0n) is 8.89. The van der Waals surface area contributed by atoms with Gasteiger partial charge in [-0.3, -0.25) is 0 Å². The van der Waals surface area contributed by atoms with E-state index >= 15 is 0 Å². The Morgan fingerprint density at radius 2 is 2.21 bits per heavy atom. The van der Waals surface area contributed by atoms with Crippen LogP contribution in [0.3, 0.4) is 0 Å². The van der Waals surface area contributed by atoms with Crippen LogP contribution in [0.15, 0.2) is 12.7 Å². The molecule has 0 radical (unpaired) electrons. The van der Waals surface area contributed by atoms with Crippen molar-refractivity contribution in [3.8, 4) is 0 Å². The molecule has 1 heterocycles. The predicted octanol–water partition coefficient (Wildman–Crippen LogP) is 1.85. The Kier molecular flexibility index (Phi) is 2.67. The van der Waals surface area contributed by atoms with E-state index in [9.17, 15) is 5.11 Å². The van der Waals surface area contributed by atoms with E-state index in [-0.39, 0.29) is 5.60 Å². The number of hydrogen-bond donors (Lipinski definition) is 2. The van der Waals surface area contributed by atoms with Crippen molar-refractivity contribution >= 4 is 0 Å². The molecule has 80 valence electrons. The third-order valence-electron chi connectivity index (χ3n) is 3.78. The van der Waals surface area contributed by atoms with Crippen molar-refractivity contribution < 1.29 is 5.11 Å². The molecule has 1 aliphatic carbocycles. The number of aliphatic hydroxyl groups is 1. The quantitative estimate of drug-likeness (QED) is 0.674. The van der Waals surface area contributed by atoms with E-state index < -0.39 is 0 Å². The Balaban J connectivity index is 1.83. The maximum Gasteiger partial charge on any atom is 0.0662 e. The van der Waals surface area contributed by atoms with Gasteiger partial charge in [-0.15, -0.1) is 6.58 Å². The molecule has 0 unspecified atom stereocenters. The molecule has 0 amide bonds. The molecule has 0 atom stereocenters. The Morgan fingerprint density at radius 3 is 2.79 bits per heavy atom. The highest BCUT2D eigenvalue weighted by molar-refractivity contribution is 5.06. The SMILES string of the molecule is C=CCCC1(O)CC2(CCCNC2)C1. The second-order valence-electron chi connectivity index (χ2n) is 5.19. The minimum atomic E-state index is -0.368. The van der Waals surface area contributed by atoms with Gasteiger partial charge in [-0.25, -0.2) is 0 Å². The molecular weight excluding hydrogens is 174 g/mol. The molecule has 0 bridgehead atoms. The van der Waals surface area contributed by atoms with E-state index in [1.165, 1.54) is 12.8 Å². The first-order chi connectivity index (χ1) is 6.68. The zero-order chi connectivity index (χ0) is 10.1. The first-order valence-corrected chi connectivity index (χ1v) is 5.72. The van der Waals surface area contributed by atoms with E-state index in [2.05, 4.69) is 11.9 Å². The first kappa shape index (κ1) is 10.2. The fourth-order valence-electron chi connectivity index (χ4n) is 3.22. The van der Waals surface area contributed by atoms with Crippen LogP contribution in [0.4, 0.5) is 0 Å². The van der Waals surface area contributed by atoms with Crippen molar-refractivity contribution in [2.24, 2.45) is 5.41 Å². The average molecular weight is 195 g/mol. The highest BCUT2D eigenvalue weighted by Crippen LogP contribution is 2.53. The molecule has 2 heteroatoms. The van der Waals surface area contributed by atoms with Crippen LogP contribution in [-0.4, -0.2) is 23.8 Å². The fourth-order valence-corrected chi connectivity index (χ4v) is 3.22. The topological polar surface area (TPSA) is 32.3 Å². The van der Waals surface area contributed by atoms with Gasteiger partial charge in [0, 0.05) is 6.54 Å². The lowest BCUT2D eigenvalue weighted by molar-refractivity contribution is -0.139. The maximum atomic E-state index is 10.2. The third kappa shape index (κ3) is 1.86. The summed E-state index contributed by atoms with van der Waals surface area (Å²) in [5.74, 6) is 0. The summed E-state index contributed by atoms with van der Waals surface area (Å²) in [6.07, 6.45) is 8.33. The second kappa shape index (κ2) is 3.67. The molecule has 1 saturated carbocycles. The minimum absolute atomic E-state index is 0.368. The van der Waals surface area contributed by atoms with Crippen molar-refractivity contribution in [1.82, 2.24) is 5.32 Å². The summed E-state index contributed by atoms with van der Waals surface area (Å²) in [4.78, 5) is 0. The van der Waals surface area contributed by atoms with Gasteiger partial charge in [0.25, 0.3) is 0 Å². The summed E-state index contributed by atoms with van der Waals surface area (Å²) in [5.41, 5.74) is 0.0708. The third-order valence-corrected chi connectivity index (χ3v) is 3.78. The summed E-state index contributed by atoms with van der Waals surface area (Å²) in [7, 11) is 0. The molecular formula is C12H21NO. The van der Waals surface area contributed by atoms with Crippen LogP contribution >= 0.6 is 0 Å². The van der Waals surface area contributed by atoms with Gasteiger partial charge in [-0.1, -0.05) is 6.08 Å². The highest BCUT2D eigenvalue weighted by atomic mass is 16.3. The van der Waals surface area contributed by atoms with Crippen LogP contribution in [-0.2, 0) is 0 Å². The standard InChI is InChI=1S/C12H21NO/c1-2-3-6-12(14)8-11(9-12)5-4-7-13-10-11/h2,13-14H,1,3-10H2. The van der Waals surface area contributed by atoms with Gasteiger partial charge in [0.1, 0.15) is 0 Å². The first-order valence-electron chi connectivity index (χ1n) is 5.72. The number of piperidine rings is 1. The van der Waals surface area contributed by atoms with E-state index in [0.29, 0.717) is 5.41 Å². The Labute approximate surface area is 86.4 Å². The number of rotatable bonds is 3. The van der Waals surface area contributed by atoms with Crippen molar-refractivity contribution in [2.45, 2.75) is 44.1 Å². The largest absolute Gasteiger partial charge is 0.390 e. The van der Waals surface area contributed by atoms with Crippen molar-refractivity contribution in [2.75, 3.05) is 13.1 Å². The van der Waals surface area contributed by atoms with Gasteiger partial charge >= 0.3 is 0 Å². The molecule has 2 N–H and O–H groups in total. The molecule has 14 heavy (non-hydrogen) atoms. The number of allylic oxidation sites excluding steroid dienone is 1. The van der Waals surface area contributed by atoms with Crippen LogP contribution < -0.4 is 5.32 Å². The van der Waals surface area contributed by atoms with E-state index in [4.69, 9.17) is 0 Å². The Bertz CT molecular complexity index is 210. The van der Waals surface area contributed by atoms with Crippen LogP contribution in [0, 0.1) is 5.41 Å². The van der Waals surface area contributed by atoms with Gasteiger partial charge in [0.05, 0.1) is 5.60 Å². The molecule has 2 rings (SSSR count). The van der Waals surface area contributed by atoms with Crippen molar-refractivity contribution in [1.29, 1.82) is 0 Å². The van der Waals surface area contributed by atoms with Crippen LogP contribution in [0.25, 0.3) is 0 Å². The number of hydrogen-bond acceptors (Lipinski definition) is 2. The van der Waals surface area contributed by atoms with Gasteiger partial charge in [0.2, 0.25) is 0 Å². The van der Waals surface area contributed by atoms with Crippen LogP contribution in [0.1, 0.15) is 38.5 Å².